The van der Waals surface area contributed by atoms with Crippen molar-refractivity contribution in [1.29, 1.82) is 0 Å². The molecule has 0 aromatic rings. The Morgan fingerprint density at radius 2 is 1.77 bits per heavy atom. The summed E-state index contributed by atoms with van der Waals surface area (Å²) in [4.78, 5) is 0. The normalized spacial score (nSPS) is 10.8. The van der Waals surface area contributed by atoms with Gasteiger partial charge in [-0.05, 0) is 25.8 Å². The minimum absolute atomic E-state index is 0.615. The predicted molar refractivity (Wildman–Crippen MR) is 59.8 cm³/mol. The smallest absolute Gasteiger partial charge is 0.205 e. The van der Waals surface area contributed by atoms with Gasteiger partial charge in [0.15, 0.2) is 0 Å². The third-order valence-electron chi connectivity index (χ3n) is 0.762. The number of rotatable bonds is 4. The zero-order chi connectivity index (χ0) is 10.7. The first-order valence-corrected chi connectivity index (χ1v) is 6.01. The molecule has 0 saturated carbocycles. The van der Waals surface area contributed by atoms with Crippen LogP contribution in [0.15, 0.2) is 11.8 Å². The van der Waals surface area contributed by atoms with Crippen molar-refractivity contribution in [3.05, 3.63) is 11.8 Å². The van der Waals surface area contributed by atoms with E-state index in [9.17, 15) is 4.21 Å². The van der Waals surface area contributed by atoms with E-state index in [0.717, 1.165) is 12.0 Å². The molecule has 0 aliphatic carbocycles. The summed E-state index contributed by atoms with van der Waals surface area (Å²) in [7, 11) is 0. The lowest BCUT2D eigenvalue weighted by atomic mass is 10.4. The first kappa shape index (κ1) is 15.2. The number of hydrogen-bond donors (Lipinski definition) is 0. The minimum Gasteiger partial charge on any atom is -0.409 e. The molecule has 0 radical (unpaired) electrons. The van der Waals surface area contributed by atoms with Crippen LogP contribution >= 0.6 is 0 Å². The maximum atomic E-state index is 10.8. The van der Waals surface area contributed by atoms with E-state index in [4.69, 9.17) is 4.18 Å². The quantitative estimate of drug-likeness (QED) is 0.659. The Balaban J connectivity index is 0. The fourth-order valence-electron chi connectivity index (χ4n) is 0.365. The van der Waals surface area contributed by atoms with Crippen LogP contribution in [0.25, 0.3) is 0 Å². The molecule has 0 bridgehead atoms. The van der Waals surface area contributed by atoms with Gasteiger partial charge in [-0.15, -0.1) is 0 Å². The Labute approximate surface area is 85.0 Å². The van der Waals surface area contributed by atoms with Crippen molar-refractivity contribution in [2.75, 3.05) is 5.75 Å². The molecule has 0 aliphatic heterocycles. The predicted octanol–water partition coefficient (Wildman–Crippen LogP) is 3.42. The average molecular weight is 206 g/mol. The minimum atomic E-state index is -1.12. The lowest BCUT2D eigenvalue weighted by Gasteiger charge is -1.96. The van der Waals surface area contributed by atoms with Gasteiger partial charge < -0.3 is 4.18 Å². The summed E-state index contributed by atoms with van der Waals surface area (Å²) >= 11 is -1.12. The van der Waals surface area contributed by atoms with Crippen LogP contribution in [0.5, 0.6) is 0 Å². The van der Waals surface area contributed by atoms with E-state index in [2.05, 4.69) is 13.8 Å². The van der Waals surface area contributed by atoms with Crippen LogP contribution in [0.1, 0.15) is 47.5 Å². The third kappa shape index (κ3) is 18.6. The van der Waals surface area contributed by atoms with Crippen molar-refractivity contribution in [3.63, 3.8) is 0 Å². The maximum Gasteiger partial charge on any atom is 0.205 e. The van der Waals surface area contributed by atoms with Crippen LogP contribution in [0.3, 0.4) is 0 Å². The molecule has 0 N–H and O–H groups in total. The van der Waals surface area contributed by atoms with Crippen molar-refractivity contribution in [1.82, 2.24) is 0 Å². The molecule has 80 valence electrons. The number of allylic oxidation sites excluding steroid dienone is 1. The Morgan fingerprint density at radius 3 is 2.08 bits per heavy atom. The third-order valence-corrected chi connectivity index (χ3v) is 1.81. The van der Waals surface area contributed by atoms with Crippen LogP contribution in [0.2, 0.25) is 0 Å². The van der Waals surface area contributed by atoms with Gasteiger partial charge in [0.25, 0.3) is 0 Å². The van der Waals surface area contributed by atoms with Gasteiger partial charge in [0, 0.05) is 0 Å². The monoisotopic (exact) mass is 206 g/mol. The van der Waals surface area contributed by atoms with Gasteiger partial charge in [-0.1, -0.05) is 27.2 Å². The summed E-state index contributed by atoms with van der Waals surface area (Å²) in [6, 6.07) is 0. The van der Waals surface area contributed by atoms with Gasteiger partial charge in [-0.3, -0.25) is 0 Å². The summed E-state index contributed by atoms with van der Waals surface area (Å²) in [5, 5.41) is 0. The van der Waals surface area contributed by atoms with E-state index in [0.29, 0.717) is 5.75 Å². The molecule has 0 rings (SSSR count). The van der Waals surface area contributed by atoms with Crippen LogP contribution in [0, 0.1) is 0 Å². The summed E-state index contributed by atoms with van der Waals surface area (Å²) in [5.74, 6) is 0.615. The molecule has 0 aromatic heterocycles. The first-order chi connectivity index (χ1) is 6.08. The van der Waals surface area contributed by atoms with Gasteiger partial charge in [0.2, 0.25) is 11.1 Å². The molecular weight excluding hydrogens is 184 g/mol. The second-order valence-electron chi connectivity index (χ2n) is 3.01. The van der Waals surface area contributed by atoms with Gasteiger partial charge in [0.1, 0.15) is 6.26 Å². The van der Waals surface area contributed by atoms with Crippen LogP contribution in [-0.2, 0) is 15.3 Å². The molecule has 13 heavy (non-hydrogen) atoms. The average Bonchev–Trinajstić information content (AvgIpc) is 2.03. The standard InChI is InChI=1S/C7H14O2S.C3H8/c1-4-5-10(8)9-6-7(2)3;1-3-2/h6H,4-5H2,1-3H3;3H2,1-2H3. The zero-order valence-corrected chi connectivity index (χ0v) is 10.2. The largest absolute Gasteiger partial charge is 0.409 e. The van der Waals surface area contributed by atoms with Crippen molar-refractivity contribution >= 4 is 11.1 Å². The molecule has 0 aliphatic rings. The summed E-state index contributed by atoms with van der Waals surface area (Å²) < 4.78 is 15.6. The van der Waals surface area contributed by atoms with E-state index in [1.807, 2.05) is 20.8 Å². The lowest BCUT2D eigenvalue weighted by molar-refractivity contribution is 0.499. The molecule has 0 saturated heterocycles. The van der Waals surface area contributed by atoms with Gasteiger partial charge >= 0.3 is 0 Å². The van der Waals surface area contributed by atoms with E-state index < -0.39 is 11.1 Å². The zero-order valence-electron chi connectivity index (χ0n) is 9.42. The van der Waals surface area contributed by atoms with Crippen LogP contribution < -0.4 is 0 Å². The fourth-order valence-corrected chi connectivity index (χ4v) is 1.09. The molecule has 0 fully saturated rings. The molecule has 1 unspecified atom stereocenters. The highest BCUT2D eigenvalue weighted by Crippen LogP contribution is 1.94. The number of hydrogen-bond acceptors (Lipinski definition) is 2. The fraction of sp³-hybridized carbons (Fsp3) is 0.800. The highest BCUT2D eigenvalue weighted by molar-refractivity contribution is 7.80. The highest BCUT2D eigenvalue weighted by Gasteiger charge is 1.93. The van der Waals surface area contributed by atoms with Crippen molar-refractivity contribution in [3.8, 4) is 0 Å². The molecule has 0 amide bonds. The Hall–Kier alpha value is -0.310. The topological polar surface area (TPSA) is 26.3 Å². The van der Waals surface area contributed by atoms with Crippen molar-refractivity contribution in [2.45, 2.75) is 47.5 Å². The van der Waals surface area contributed by atoms with E-state index in [-0.39, 0.29) is 0 Å². The second kappa shape index (κ2) is 11.7. The SMILES string of the molecule is CCC.CCCS(=O)OC=C(C)C. The first-order valence-electron chi connectivity index (χ1n) is 4.77. The van der Waals surface area contributed by atoms with Crippen molar-refractivity contribution < 1.29 is 8.39 Å². The van der Waals surface area contributed by atoms with Crippen LogP contribution in [0.4, 0.5) is 0 Å². The van der Waals surface area contributed by atoms with Crippen LogP contribution in [-0.4, -0.2) is 9.96 Å². The molecule has 2 nitrogen and oxygen atoms in total. The molecule has 0 heterocycles. The summed E-state index contributed by atoms with van der Waals surface area (Å²) in [6.45, 7) is 10.0. The van der Waals surface area contributed by atoms with E-state index in [1.54, 1.807) is 0 Å². The maximum absolute atomic E-state index is 10.8. The Bertz CT molecular complexity index is 149. The lowest BCUT2D eigenvalue weighted by Crippen LogP contribution is -1.96. The molecule has 1 atom stereocenters. The highest BCUT2D eigenvalue weighted by atomic mass is 32.2. The molecule has 0 spiro atoms. The van der Waals surface area contributed by atoms with Gasteiger partial charge in [-0.2, -0.15) is 0 Å². The Kier molecular flexibility index (Phi) is 13.6. The van der Waals surface area contributed by atoms with E-state index >= 15 is 0 Å². The van der Waals surface area contributed by atoms with E-state index in [1.165, 1.54) is 12.7 Å². The molecule has 0 aromatic carbocycles. The molecular formula is C10H22O2S. The second-order valence-corrected chi connectivity index (χ2v) is 4.21. The Morgan fingerprint density at radius 1 is 1.31 bits per heavy atom. The summed E-state index contributed by atoms with van der Waals surface area (Å²) in [6.07, 6.45) is 3.68. The van der Waals surface area contributed by atoms with Gasteiger partial charge in [0.05, 0.1) is 5.75 Å². The van der Waals surface area contributed by atoms with Crippen molar-refractivity contribution in [2.24, 2.45) is 0 Å². The summed E-state index contributed by atoms with van der Waals surface area (Å²) in [5.41, 5.74) is 1.03. The molecule has 3 heteroatoms. The van der Waals surface area contributed by atoms with Gasteiger partial charge in [-0.25, -0.2) is 4.21 Å².